The van der Waals surface area contributed by atoms with Crippen molar-refractivity contribution in [3.8, 4) is 11.8 Å². The topological polar surface area (TPSA) is 50.1 Å². The van der Waals surface area contributed by atoms with Gasteiger partial charge in [0.2, 0.25) is 0 Å². The maximum Gasteiger partial charge on any atom is 0.180 e. The minimum Gasteiger partial charge on any atom is -0.486 e. The summed E-state index contributed by atoms with van der Waals surface area (Å²) in [7, 11) is 0. The number of nitriles is 1. The van der Waals surface area contributed by atoms with E-state index in [1.807, 2.05) is 19.9 Å². The fourth-order valence-corrected chi connectivity index (χ4v) is 2.32. The fraction of sp³-hybridized carbons (Fsp3) is 0.400. The summed E-state index contributed by atoms with van der Waals surface area (Å²) in [4.78, 5) is 12.8. The van der Waals surface area contributed by atoms with Gasteiger partial charge in [0, 0.05) is 6.07 Å². The van der Waals surface area contributed by atoms with Gasteiger partial charge >= 0.3 is 0 Å². The lowest BCUT2D eigenvalue weighted by atomic mass is 9.98. The van der Waals surface area contributed by atoms with Crippen molar-refractivity contribution in [3.05, 3.63) is 15.8 Å². The predicted molar refractivity (Wildman–Crippen MR) is 52.7 cm³/mol. The first kappa shape index (κ1) is 9.22. The number of hydrogen-bond donors (Lipinski definition) is 0. The Kier molecular flexibility index (Phi) is 1.86. The van der Waals surface area contributed by atoms with Gasteiger partial charge in [-0.25, -0.2) is 0 Å². The van der Waals surface area contributed by atoms with Gasteiger partial charge in [0.05, 0.1) is 6.42 Å². The lowest BCUT2D eigenvalue weighted by Crippen LogP contribution is -2.35. The molecular weight excluding hydrogens is 198 g/mol. The molecule has 0 radical (unpaired) electrons. The van der Waals surface area contributed by atoms with Gasteiger partial charge in [0.25, 0.3) is 0 Å². The molecule has 0 amide bonds. The number of ether oxygens (including phenoxy) is 1. The van der Waals surface area contributed by atoms with E-state index in [1.54, 1.807) is 6.07 Å². The Labute approximate surface area is 85.9 Å². The number of rotatable bonds is 0. The van der Waals surface area contributed by atoms with Gasteiger partial charge in [-0.15, -0.1) is 11.3 Å². The summed E-state index contributed by atoms with van der Waals surface area (Å²) in [6, 6.07) is 3.66. The van der Waals surface area contributed by atoms with Crippen molar-refractivity contribution in [2.45, 2.75) is 25.9 Å². The molecule has 0 unspecified atom stereocenters. The lowest BCUT2D eigenvalue weighted by Gasteiger charge is -2.29. The SMILES string of the molecule is CC1(C)CC(=O)c2sc(C#N)cc2O1. The Morgan fingerprint density at radius 2 is 2.36 bits per heavy atom. The Bertz CT molecular complexity index is 439. The molecular formula is C10H9NO2S. The molecule has 0 saturated carbocycles. The number of nitrogens with zero attached hydrogens (tertiary/aromatic N) is 1. The molecule has 0 fully saturated rings. The van der Waals surface area contributed by atoms with Crippen molar-refractivity contribution in [3.63, 3.8) is 0 Å². The number of carbonyl (C=O) groups is 1. The third-order valence-electron chi connectivity index (χ3n) is 2.03. The molecule has 14 heavy (non-hydrogen) atoms. The minimum absolute atomic E-state index is 0.0720. The highest BCUT2D eigenvalue weighted by molar-refractivity contribution is 7.15. The number of hydrogen-bond acceptors (Lipinski definition) is 4. The first-order chi connectivity index (χ1) is 6.52. The number of Topliss-reactive ketones (excluding diaryl/α,β-unsaturated/α-hetero) is 1. The summed E-state index contributed by atoms with van der Waals surface area (Å²) in [6.07, 6.45) is 0.380. The van der Waals surface area contributed by atoms with E-state index in [4.69, 9.17) is 10.00 Å². The number of carbonyl (C=O) groups excluding carboxylic acids is 1. The summed E-state index contributed by atoms with van der Waals surface area (Å²) < 4.78 is 5.61. The van der Waals surface area contributed by atoms with Crippen LogP contribution in [0.3, 0.4) is 0 Å². The van der Waals surface area contributed by atoms with Gasteiger partial charge in [-0.2, -0.15) is 5.26 Å². The molecule has 1 aliphatic rings. The van der Waals surface area contributed by atoms with Gasteiger partial charge in [-0.1, -0.05) is 0 Å². The zero-order valence-corrected chi connectivity index (χ0v) is 8.77. The maximum atomic E-state index is 11.7. The van der Waals surface area contributed by atoms with E-state index in [1.165, 1.54) is 11.3 Å². The van der Waals surface area contributed by atoms with E-state index in [0.29, 0.717) is 21.9 Å². The van der Waals surface area contributed by atoms with Crippen LogP contribution in [0.15, 0.2) is 6.07 Å². The maximum absolute atomic E-state index is 11.7. The summed E-state index contributed by atoms with van der Waals surface area (Å²) >= 11 is 1.21. The normalized spacial score (nSPS) is 18.2. The molecule has 3 nitrogen and oxygen atoms in total. The largest absolute Gasteiger partial charge is 0.486 e. The van der Waals surface area contributed by atoms with Crippen molar-refractivity contribution in [1.82, 2.24) is 0 Å². The van der Waals surface area contributed by atoms with Gasteiger partial charge in [0.1, 0.15) is 27.2 Å². The summed E-state index contributed by atoms with van der Waals surface area (Å²) in [6.45, 7) is 3.75. The van der Waals surface area contributed by atoms with Crippen LogP contribution >= 0.6 is 11.3 Å². The van der Waals surface area contributed by atoms with Crippen molar-refractivity contribution in [2.75, 3.05) is 0 Å². The molecule has 0 aromatic carbocycles. The lowest BCUT2D eigenvalue weighted by molar-refractivity contribution is 0.0631. The summed E-state index contributed by atoms with van der Waals surface area (Å²) in [5.41, 5.74) is -0.447. The van der Waals surface area contributed by atoms with Crippen molar-refractivity contribution >= 4 is 17.1 Å². The van der Waals surface area contributed by atoms with E-state index in [2.05, 4.69) is 0 Å². The van der Waals surface area contributed by atoms with Crippen LogP contribution in [0.1, 0.15) is 34.8 Å². The molecule has 0 atom stereocenters. The van der Waals surface area contributed by atoms with Gasteiger partial charge in [0.15, 0.2) is 5.78 Å². The van der Waals surface area contributed by atoms with E-state index in [9.17, 15) is 4.79 Å². The smallest absolute Gasteiger partial charge is 0.180 e. The average Bonchev–Trinajstić information content (AvgIpc) is 2.45. The van der Waals surface area contributed by atoms with Crippen LogP contribution in [0.2, 0.25) is 0 Å². The standard InChI is InChI=1S/C10H9NO2S/c1-10(2)4-7(12)9-8(13-10)3-6(5-11)14-9/h3H,4H2,1-2H3. The van der Waals surface area contributed by atoms with Crippen LogP contribution in [0.5, 0.6) is 5.75 Å². The average molecular weight is 207 g/mol. The fourth-order valence-electron chi connectivity index (χ4n) is 1.50. The zero-order valence-electron chi connectivity index (χ0n) is 7.96. The Morgan fingerprint density at radius 1 is 1.64 bits per heavy atom. The van der Waals surface area contributed by atoms with Gasteiger partial charge in [-0.3, -0.25) is 4.79 Å². The summed E-state index contributed by atoms with van der Waals surface area (Å²) in [5, 5.41) is 8.70. The van der Waals surface area contributed by atoms with Gasteiger partial charge < -0.3 is 4.74 Å². The molecule has 1 aliphatic heterocycles. The highest BCUT2D eigenvalue weighted by Crippen LogP contribution is 2.38. The van der Waals surface area contributed by atoms with Crippen LogP contribution in [0.4, 0.5) is 0 Å². The minimum atomic E-state index is -0.447. The van der Waals surface area contributed by atoms with Crippen LogP contribution < -0.4 is 4.74 Å². The first-order valence-corrected chi connectivity index (χ1v) is 5.10. The van der Waals surface area contributed by atoms with Crippen LogP contribution in [-0.4, -0.2) is 11.4 Å². The molecule has 2 heterocycles. The monoisotopic (exact) mass is 207 g/mol. The highest BCUT2D eigenvalue weighted by atomic mass is 32.1. The second-order valence-electron chi connectivity index (χ2n) is 3.88. The molecule has 1 aromatic heterocycles. The van der Waals surface area contributed by atoms with E-state index in [-0.39, 0.29) is 5.78 Å². The quantitative estimate of drug-likeness (QED) is 0.656. The molecule has 2 rings (SSSR count). The zero-order chi connectivity index (χ0) is 10.3. The molecule has 0 aliphatic carbocycles. The Balaban J connectivity index is 2.49. The van der Waals surface area contributed by atoms with Crippen molar-refractivity contribution in [2.24, 2.45) is 0 Å². The third kappa shape index (κ3) is 1.40. The molecule has 0 spiro atoms. The highest BCUT2D eigenvalue weighted by Gasteiger charge is 2.34. The summed E-state index contributed by atoms with van der Waals surface area (Å²) in [5.74, 6) is 0.635. The number of ketones is 1. The molecule has 0 bridgehead atoms. The second-order valence-corrected chi connectivity index (χ2v) is 4.93. The predicted octanol–water partition coefficient (Wildman–Crippen LogP) is 2.36. The van der Waals surface area contributed by atoms with E-state index >= 15 is 0 Å². The molecule has 4 heteroatoms. The molecule has 0 saturated heterocycles. The van der Waals surface area contributed by atoms with Crippen molar-refractivity contribution < 1.29 is 9.53 Å². The van der Waals surface area contributed by atoms with Crippen LogP contribution in [0, 0.1) is 11.3 Å². The molecule has 1 aromatic rings. The van der Waals surface area contributed by atoms with Crippen LogP contribution in [-0.2, 0) is 0 Å². The third-order valence-corrected chi connectivity index (χ3v) is 3.10. The van der Waals surface area contributed by atoms with Crippen molar-refractivity contribution in [1.29, 1.82) is 5.26 Å². The van der Waals surface area contributed by atoms with Gasteiger partial charge in [-0.05, 0) is 13.8 Å². The van der Waals surface area contributed by atoms with E-state index in [0.717, 1.165) is 0 Å². The molecule has 72 valence electrons. The Hall–Kier alpha value is -1.34. The Morgan fingerprint density at radius 3 is 3.00 bits per heavy atom. The first-order valence-electron chi connectivity index (χ1n) is 4.28. The number of fused-ring (bicyclic) bond motifs is 1. The van der Waals surface area contributed by atoms with E-state index < -0.39 is 5.60 Å². The second kappa shape index (κ2) is 2.82. The number of thiophene rings is 1. The van der Waals surface area contributed by atoms with Crippen LogP contribution in [0.25, 0.3) is 0 Å². The molecule has 0 N–H and O–H groups in total.